The van der Waals surface area contributed by atoms with Crippen molar-refractivity contribution in [2.24, 2.45) is 5.92 Å². The van der Waals surface area contributed by atoms with Gasteiger partial charge in [-0.15, -0.1) is 5.10 Å². The van der Waals surface area contributed by atoms with Gasteiger partial charge in [0, 0.05) is 53.5 Å². The quantitative estimate of drug-likeness (QED) is 0.107. The highest BCUT2D eigenvalue weighted by Crippen LogP contribution is 2.60. The van der Waals surface area contributed by atoms with Crippen LogP contribution in [0.3, 0.4) is 0 Å². The van der Waals surface area contributed by atoms with Crippen LogP contribution in [-0.4, -0.2) is 70.5 Å². The molecule has 310 valence electrons. The summed E-state index contributed by atoms with van der Waals surface area (Å²) in [5.41, 5.74) is 1.55. The van der Waals surface area contributed by atoms with E-state index in [1.165, 1.54) is 23.4 Å². The molecule has 15 heteroatoms. The molecule has 1 spiro atoms. The fraction of sp³-hybridized carbons (Fsp3) is 0.311. The number of benzene rings is 3. The summed E-state index contributed by atoms with van der Waals surface area (Å²) in [4.78, 5) is 43.6. The Balaban J connectivity index is 1.18. The van der Waals surface area contributed by atoms with Crippen molar-refractivity contribution in [2.45, 2.75) is 62.7 Å². The molecular weight excluding hydrogens is 784 g/mol. The van der Waals surface area contributed by atoms with E-state index >= 15 is 8.90 Å². The number of pyridine rings is 2. The van der Waals surface area contributed by atoms with Gasteiger partial charge in [-0.25, -0.2) is 0 Å². The fourth-order valence-electron chi connectivity index (χ4n) is 9.16. The second-order valence-corrected chi connectivity index (χ2v) is 19.7. The van der Waals surface area contributed by atoms with Crippen molar-refractivity contribution in [2.75, 3.05) is 25.7 Å². The molecule has 3 aromatic heterocycles. The molecule has 0 saturated carbocycles. The van der Waals surface area contributed by atoms with Crippen LogP contribution in [0.2, 0.25) is 18.6 Å². The van der Waals surface area contributed by atoms with Gasteiger partial charge in [0.25, 0.3) is 17.0 Å². The minimum Gasteiger partial charge on any atom is -0.491 e. The Kier molecular flexibility index (Phi) is 10.9. The molecule has 0 bridgehead atoms. The van der Waals surface area contributed by atoms with Crippen LogP contribution in [0.5, 0.6) is 11.5 Å². The summed E-state index contributed by atoms with van der Waals surface area (Å²) in [7, 11) is -0.663. The van der Waals surface area contributed by atoms with E-state index in [2.05, 4.69) is 10.3 Å². The Labute approximate surface area is 347 Å². The molecule has 1 unspecified atom stereocenters. The monoisotopic (exact) mass is 830 g/mol. The molecule has 1 N–H and O–H groups in total. The Morgan fingerprint density at radius 2 is 1.53 bits per heavy atom. The molecule has 5 heterocycles. The first kappa shape index (κ1) is 40.6. The van der Waals surface area contributed by atoms with Gasteiger partial charge in [-0.2, -0.15) is 0 Å². The van der Waals surface area contributed by atoms with Crippen molar-refractivity contribution in [3.63, 3.8) is 0 Å². The summed E-state index contributed by atoms with van der Waals surface area (Å²) in [6.45, 7) is 5.50. The Bertz CT molecular complexity index is 2660. The molecule has 8 rings (SSSR count). The number of rotatable bonds is 13. The van der Waals surface area contributed by atoms with E-state index < -0.39 is 31.6 Å². The molecule has 1 amide bonds. The third-order valence-electron chi connectivity index (χ3n) is 12.0. The average Bonchev–Trinajstić information content (AvgIpc) is 3.90. The lowest BCUT2D eigenvalue weighted by Crippen LogP contribution is -2.45. The molecule has 60 heavy (non-hydrogen) atoms. The van der Waals surface area contributed by atoms with Gasteiger partial charge in [-0.1, -0.05) is 54.6 Å². The van der Waals surface area contributed by atoms with Crippen LogP contribution in [0, 0.1) is 5.92 Å². The van der Waals surface area contributed by atoms with Crippen LogP contribution in [0.15, 0.2) is 125 Å². The van der Waals surface area contributed by atoms with Crippen molar-refractivity contribution in [3.8, 4) is 22.9 Å². The van der Waals surface area contributed by atoms with Crippen LogP contribution in [0.1, 0.15) is 41.6 Å². The van der Waals surface area contributed by atoms with E-state index in [-0.39, 0.29) is 47.6 Å². The highest BCUT2D eigenvalue weighted by Gasteiger charge is 2.66. The Morgan fingerprint density at radius 1 is 0.867 bits per heavy atom. The number of ether oxygens (including phenoxy) is 3. The van der Waals surface area contributed by atoms with Crippen molar-refractivity contribution >= 4 is 20.0 Å². The number of amides is 1. The van der Waals surface area contributed by atoms with E-state index in [1.54, 1.807) is 89.8 Å². The Morgan fingerprint density at radius 3 is 2.17 bits per heavy atom. The van der Waals surface area contributed by atoms with E-state index in [0.717, 1.165) is 11.1 Å². The average molecular weight is 831 g/mol. The van der Waals surface area contributed by atoms with Gasteiger partial charge in [0.05, 0.1) is 50.8 Å². The van der Waals surface area contributed by atoms with Gasteiger partial charge in [-0.05, 0) is 85.2 Å². The van der Waals surface area contributed by atoms with Gasteiger partial charge in [0.1, 0.15) is 0 Å². The number of aliphatic hydroxyl groups is 1. The smallest absolute Gasteiger partial charge is 0.297 e. The first-order valence-corrected chi connectivity index (χ1v) is 22.8. The van der Waals surface area contributed by atoms with Crippen LogP contribution in [0.25, 0.3) is 11.4 Å². The molecule has 0 aliphatic carbocycles. The molecule has 1 fully saturated rings. The molecule has 13 nitrogen and oxygen atoms in total. The maximum absolute atomic E-state index is 16.8. The normalized spacial score (nSPS) is 20.4. The molecule has 2 aliphatic heterocycles. The maximum Gasteiger partial charge on any atom is 0.297 e. The number of aryl methyl sites for hydroxylation is 1. The molecule has 2 aliphatic rings. The molecule has 5 atom stereocenters. The number of hydrogen-bond acceptors (Lipinski definition) is 9. The Hall–Kier alpha value is -6.16. The standard InChI is InChI=1S/C45H47FN6O7Si/c1-29-41(60(4,5)46)38(20-23-49-27-36(47-48-49)34(28-53)31-13-7-6-8-14-31)59-45(29)35-25-33(51-22-11-17-40(58-3)43(51)55)18-19-37(35)52(44(45)56)26-30-12-9-15-32(24-30)50-21-10-16-39(57-2)42(50)54/h6-19,21-22,24-25,27,29,34,38,41,53H,20,23,26,28H2,1-5H3/t29-,34?,38+,41-,45+/m0/s1. The number of nitrogens with zero attached hydrogens (tertiary/aromatic N) is 6. The van der Waals surface area contributed by atoms with Crippen LogP contribution >= 0.6 is 0 Å². The zero-order valence-electron chi connectivity index (χ0n) is 34.1. The van der Waals surface area contributed by atoms with E-state index in [1.807, 2.05) is 55.5 Å². The van der Waals surface area contributed by atoms with Crippen LogP contribution in [-0.2, 0) is 28.2 Å². The lowest BCUT2D eigenvalue weighted by Gasteiger charge is -2.31. The number of methoxy groups -OCH3 is 2. The number of carbonyl (C=O) groups excluding carboxylic acids is 1. The van der Waals surface area contributed by atoms with Crippen molar-refractivity contribution in [3.05, 3.63) is 159 Å². The SMILES string of the molecule is COc1cccn(-c2cccc(CN3C(=O)[C@]4(O[C@H](CCn5cc(C(CO)c6ccccc6)nn5)[C@@H]([Si](C)(C)F)[C@@H]4C)c4cc(-n5cccc(OC)c5=O)ccc43)c2)c1=O. The number of carbonyl (C=O) groups is 1. The van der Waals surface area contributed by atoms with Gasteiger partial charge in [0.15, 0.2) is 17.1 Å². The molecular formula is C45H47FN6O7Si. The minimum absolute atomic E-state index is 0.121. The van der Waals surface area contributed by atoms with Crippen molar-refractivity contribution in [1.29, 1.82) is 0 Å². The summed E-state index contributed by atoms with van der Waals surface area (Å²) < 4.78 is 39.1. The fourth-order valence-corrected chi connectivity index (χ4v) is 11.7. The molecule has 0 radical (unpaired) electrons. The van der Waals surface area contributed by atoms with Gasteiger partial charge in [0.2, 0.25) is 8.41 Å². The number of halogens is 1. The number of fused-ring (bicyclic) bond motifs is 2. The lowest BCUT2D eigenvalue weighted by molar-refractivity contribution is -0.146. The van der Waals surface area contributed by atoms with Crippen molar-refractivity contribution in [1.82, 2.24) is 24.1 Å². The second kappa shape index (κ2) is 16.1. The first-order chi connectivity index (χ1) is 28.9. The number of hydrogen-bond donors (Lipinski definition) is 1. The highest BCUT2D eigenvalue weighted by molar-refractivity contribution is 6.72. The predicted octanol–water partition coefficient (Wildman–Crippen LogP) is 6.13. The summed E-state index contributed by atoms with van der Waals surface area (Å²) >= 11 is 0. The molecule has 1 saturated heterocycles. The number of aliphatic hydroxyl groups excluding tert-OH is 1. The van der Waals surface area contributed by atoms with E-state index in [0.29, 0.717) is 41.3 Å². The second-order valence-electron chi connectivity index (χ2n) is 15.9. The largest absolute Gasteiger partial charge is 0.491 e. The van der Waals surface area contributed by atoms with Crippen LogP contribution in [0.4, 0.5) is 9.80 Å². The molecule has 6 aromatic rings. The molecule has 3 aromatic carbocycles. The summed E-state index contributed by atoms with van der Waals surface area (Å²) in [6.07, 6.45) is 4.74. The van der Waals surface area contributed by atoms with Gasteiger partial charge >= 0.3 is 0 Å². The zero-order valence-corrected chi connectivity index (χ0v) is 35.1. The first-order valence-electron chi connectivity index (χ1n) is 19.9. The van der Waals surface area contributed by atoms with Crippen molar-refractivity contribution < 1.29 is 28.2 Å². The highest BCUT2D eigenvalue weighted by atomic mass is 28.4. The summed E-state index contributed by atoms with van der Waals surface area (Å²) in [5, 5.41) is 19.0. The third-order valence-corrected chi connectivity index (χ3v) is 14.4. The van der Waals surface area contributed by atoms with E-state index in [9.17, 15) is 14.7 Å². The summed E-state index contributed by atoms with van der Waals surface area (Å²) in [6, 6.07) is 28.9. The number of anilines is 1. The van der Waals surface area contributed by atoms with Crippen LogP contribution < -0.4 is 25.5 Å². The number of aromatic nitrogens is 5. The maximum atomic E-state index is 16.8. The topological polar surface area (TPSA) is 143 Å². The predicted molar refractivity (Wildman–Crippen MR) is 226 cm³/mol. The van der Waals surface area contributed by atoms with E-state index in [4.69, 9.17) is 14.2 Å². The van der Waals surface area contributed by atoms with Gasteiger partial charge in [-0.3, -0.25) is 28.2 Å². The summed E-state index contributed by atoms with van der Waals surface area (Å²) in [5.74, 6) is -0.959. The van der Waals surface area contributed by atoms with Gasteiger partial charge < -0.3 is 28.3 Å². The lowest BCUT2D eigenvalue weighted by atomic mass is 9.82. The minimum atomic E-state index is -3.54. The third kappa shape index (κ3) is 7.05. The zero-order chi connectivity index (χ0) is 42.3.